The van der Waals surface area contributed by atoms with Crippen molar-refractivity contribution in [3.05, 3.63) is 82.4 Å². The first kappa shape index (κ1) is 25.3. The van der Waals surface area contributed by atoms with Gasteiger partial charge < -0.3 is 15.9 Å². The molecule has 3 N–H and O–H groups in total. The van der Waals surface area contributed by atoms with Gasteiger partial charge in [0.05, 0.1) is 11.4 Å². The Hall–Kier alpha value is -4.39. The number of benzene rings is 2. The summed E-state index contributed by atoms with van der Waals surface area (Å²) in [6, 6.07) is 10.8. The van der Waals surface area contributed by atoms with Gasteiger partial charge in [-0.3, -0.25) is 9.59 Å². The summed E-state index contributed by atoms with van der Waals surface area (Å²) >= 11 is 0.578. The van der Waals surface area contributed by atoms with E-state index in [2.05, 4.69) is 15.5 Å². The van der Waals surface area contributed by atoms with Crippen LogP contribution in [0.5, 0.6) is 0 Å². The number of alkyl halides is 3. The van der Waals surface area contributed by atoms with Gasteiger partial charge in [-0.05, 0) is 47.0 Å². The second-order valence-corrected chi connectivity index (χ2v) is 9.24. The number of rotatable bonds is 5. The summed E-state index contributed by atoms with van der Waals surface area (Å²) < 4.78 is 67.6. The Bertz CT molecular complexity index is 1600. The molecule has 2 amide bonds. The van der Waals surface area contributed by atoms with Crippen LogP contribution in [0.4, 0.5) is 27.6 Å². The molecule has 2 aromatic heterocycles. The van der Waals surface area contributed by atoms with E-state index in [9.17, 15) is 31.5 Å². The minimum Gasteiger partial charge on any atom is -0.382 e. The fraction of sp³-hybridized carbons (Fsp3) is 0.120. The summed E-state index contributed by atoms with van der Waals surface area (Å²) in [7, 11) is 0. The van der Waals surface area contributed by atoms with Crippen molar-refractivity contribution < 1.29 is 36.4 Å². The lowest BCUT2D eigenvalue weighted by Gasteiger charge is -2.13. The maximum Gasteiger partial charge on any atom is 0.433 e. The first-order valence-electron chi connectivity index (χ1n) is 10.9. The smallest absolute Gasteiger partial charge is 0.382 e. The van der Waals surface area contributed by atoms with Crippen molar-refractivity contribution in [1.82, 2.24) is 4.98 Å². The van der Waals surface area contributed by atoms with E-state index in [1.165, 1.54) is 36.4 Å². The zero-order chi connectivity index (χ0) is 27.2. The van der Waals surface area contributed by atoms with Crippen LogP contribution >= 0.6 is 11.3 Å². The molecule has 38 heavy (non-hydrogen) atoms. The molecule has 1 aliphatic rings. The van der Waals surface area contributed by atoms with Crippen LogP contribution in [0, 0.1) is 11.6 Å². The molecule has 194 valence electrons. The molecule has 1 atom stereocenters. The number of hydrogen-bond donors (Lipinski definition) is 2. The number of hydrogen-bond acceptors (Lipinski definition) is 6. The Morgan fingerprint density at radius 3 is 2.18 bits per heavy atom. The molecule has 0 spiro atoms. The number of nitrogens with two attached hydrogens (primary N) is 1. The summed E-state index contributed by atoms with van der Waals surface area (Å²) in [4.78, 5) is 33.8. The van der Waals surface area contributed by atoms with Gasteiger partial charge in [0, 0.05) is 11.8 Å². The number of aromatic nitrogens is 1. The molecule has 0 saturated carbocycles. The highest BCUT2D eigenvalue weighted by Crippen LogP contribution is 2.43. The normalized spacial score (nSPS) is 15.3. The number of primary amides is 1. The molecule has 0 radical (unpaired) electrons. The number of nitrogens with zero attached hydrogens (tertiary/aromatic N) is 2. The first-order valence-corrected chi connectivity index (χ1v) is 11.7. The molecule has 13 heteroatoms. The molecule has 0 saturated heterocycles. The van der Waals surface area contributed by atoms with Crippen LogP contribution < -0.4 is 11.1 Å². The van der Waals surface area contributed by atoms with Crippen LogP contribution in [-0.2, 0) is 15.8 Å². The lowest BCUT2D eigenvalue weighted by atomic mass is 10.0. The van der Waals surface area contributed by atoms with E-state index in [0.29, 0.717) is 22.6 Å². The van der Waals surface area contributed by atoms with Gasteiger partial charge in [-0.25, -0.2) is 13.8 Å². The summed E-state index contributed by atoms with van der Waals surface area (Å²) in [5.41, 5.74) is 5.14. The monoisotopic (exact) mass is 546 g/mol. The van der Waals surface area contributed by atoms with E-state index in [0.717, 1.165) is 18.2 Å². The van der Waals surface area contributed by atoms with Gasteiger partial charge in [0.15, 0.2) is 0 Å². The third kappa shape index (κ3) is 4.79. The SMILES string of the molecule is NC(=O)c1sc2nc(C(F)(F)F)cc(-c3ccc(F)cc3)c2c1NC(=O)C1CC(c2ccc(F)cc2)=NO1. The van der Waals surface area contributed by atoms with Crippen molar-refractivity contribution in [3.8, 4) is 11.1 Å². The largest absolute Gasteiger partial charge is 0.433 e. The van der Waals surface area contributed by atoms with E-state index < -0.39 is 41.4 Å². The Balaban J connectivity index is 1.56. The highest BCUT2D eigenvalue weighted by molar-refractivity contribution is 7.21. The number of nitrogens with one attached hydrogen (secondary N) is 1. The van der Waals surface area contributed by atoms with Crippen LogP contribution in [0.2, 0.25) is 0 Å². The number of amides is 2. The highest BCUT2D eigenvalue weighted by Gasteiger charge is 2.36. The van der Waals surface area contributed by atoms with Crippen LogP contribution in [-0.4, -0.2) is 28.6 Å². The zero-order valence-electron chi connectivity index (χ0n) is 19.0. The zero-order valence-corrected chi connectivity index (χ0v) is 19.8. The molecule has 0 fully saturated rings. The van der Waals surface area contributed by atoms with Crippen molar-refractivity contribution in [2.45, 2.75) is 18.7 Å². The minimum atomic E-state index is -4.82. The van der Waals surface area contributed by atoms with E-state index in [1.54, 1.807) is 0 Å². The van der Waals surface area contributed by atoms with Crippen LogP contribution in [0.15, 0.2) is 59.8 Å². The second kappa shape index (κ2) is 9.49. The lowest BCUT2D eigenvalue weighted by molar-refractivity contribution is -0.140. The number of carbonyl (C=O) groups excluding carboxylic acids is 2. The Kier molecular flexibility index (Phi) is 6.31. The maximum absolute atomic E-state index is 13.6. The number of fused-ring (bicyclic) bond motifs is 1. The van der Waals surface area contributed by atoms with Crippen molar-refractivity contribution in [3.63, 3.8) is 0 Å². The molecule has 3 heterocycles. The Morgan fingerprint density at radius 2 is 1.61 bits per heavy atom. The van der Waals surface area contributed by atoms with Gasteiger partial charge in [0.1, 0.15) is 27.0 Å². The van der Waals surface area contributed by atoms with Crippen molar-refractivity contribution in [2.75, 3.05) is 5.32 Å². The average Bonchev–Trinajstić information content (AvgIpc) is 3.50. The molecule has 0 bridgehead atoms. The van der Waals surface area contributed by atoms with Gasteiger partial charge in [-0.15, -0.1) is 11.3 Å². The maximum atomic E-state index is 13.6. The Labute approximate surface area is 214 Å². The topological polar surface area (TPSA) is 107 Å². The quantitative estimate of drug-likeness (QED) is 0.323. The van der Waals surface area contributed by atoms with E-state index in [-0.39, 0.29) is 38.3 Å². The van der Waals surface area contributed by atoms with Gasteiger partial charge in [-0.1, -0.05) is 29.4 Å². The standard InChI is InChI=1S/C25H15F5N4O3S/c26-13-5-1-11(2-6-13)15-9-18(25(28,29)30)32-24-19(15)20(21(38-24)22(31)35)33-23(36)17-10-16(34-37-17)12-3-7-14(27)8-4-12/h1-9,17H,10H2,(H2,31,35)(H,33,36). The average molecular weight is 546 g/mol. The summed E-state index contributed by atoms with van der Waals surface area (Å²) in [5, 5.41) is 6.43. The minimum absolute atomic E-state index is 0.00668. The molecule has 5 rings (SSSR count). The fourth-order valence-electron chi connectivity index (χ4n) is 3.93. The number of thiophene rings is 1. The molecular weight excluding hydrogens is 531 g/mol. The molecule has 0 aliphatic carbocycles. The predicted octanol–water partition coefficient (Wildman–Crippen LogP) is 5.49. The Morgan fingerprint density at radius 1 is 1.00 bits per heavy atom. The first-order chi connectivity index (χ1) is 18.0. The molecular formula is C25H15F5N4O3S. The van der Waals surface area contributed by atoms with E-state index in [4.69, 9.17) is 10.6 Å². The van der Waals surface area contributed by atoms with Crippen LogP contribution in [0.1, 0.15) is 27.3 Å². The number of anilines is 1. The summed E-state index contributed by atoms with van der Waals surface area (Å²) in [6.45, 7) is 0. The molecule has 4 aromatic rings. The predicted molar refractivity (Wildman–Crippen MR) is 130 cm³/mol. The van der Waals surface area contributed by atoms with E-state index in [1.807, 2.05) is 0 Å². The molecule has 1 unspecified atom stereocenters. The third-order valence-corrected chi connectivity index (χ3v) is 6.82. The third-order valence-electron chi connectivity index (χ3n) is 5.72. The van der Waals surface area contributed by atoms with Gasteiger partial charge in [-0.2, -0.15) is 13.2 Å². The van der Waals surface area contributed by atoms with E-state index >= 15 is 0 Å². The molecule has 7 nitrogen and oxygen atoms in total. The second-order valence-electron chi connectivity index (χ2n) is 8.24. The molecule has 1 aliphatic heterocycles. The number of carbonyl (C=O) groups is 2. The highest BCUT2D eigenvalue weighted by atomic mass is 32.1. The molecule has 2 aromatic carbocycles. The number of halogens is 5. The van der Waals surface area contributed by atoms with Crippen molar-refractivity contribution >= 4 is 44.8 Å². The number of oxime groups is 1. The van der Waals surface area contributed by atoms with Gasteiger partial charge in [0.2, 0.25) is 6.10 Å². The fourth-order valence-corrected chi connectivity index (χ4v) is 4.94. The lowest BCUT2D eigenvalue weighted by Crippen LogP contribution is -2.29. The van der Waals surface area contributed by atoms with Crippen LogP contribution in [0.3, 0.4) is 0 Å². The summed E-state index contributed by atoms with van der Waals surface area (Å²) in [5.74, 6) is -2.82. The number of pyridine rings is 1. The van der Waals surface area contributed by atoms with Crippen LogP contribution in [0.25, 0.3) is 21.3 Å². The van der Waals surface area contributed by atoms with Gasteiger partial charge in [0.25, 0.3) is 11.8 Å². The van der Waals surface area contributed by atoms with Gasteiger partial charge >= 0.3 is 6.18 Å². The van der Waals surface area contributed by atoms with Crippen molar-refractivity contribution in [1.29, 1.82) is 0 Å². The van der Waals surface area contributed by atoms with Crippen molar-refractivity contribution in [2.24, 2.45) is 10.9 Å². The summed E-state index contributed by atoms with van der Waals surface area (Å²) in [6.07, 6.45) is -5.97.